The molecule has 0 bridgehead atoms. The van der Waals surface area contributed by atoms with Gasteiger partial charge in [-0.05, 0) is 43.8 Å². The van der Waals surface area contributed by atoms with Gasteiger partial charge < -0.3 is 30.6 Å². The Balaban J connectivity index is 1.45. The molecule has 1 aliphatic carbocycles. The van der Waals surface area contributed by atoms with Crippen molar-refractivity contribution >= 4 is 17.3 Å². The molecule has 27 heavy (non-hydrogen) atoms. The summed E-state index contributed by atoms with van der Waals surface area (Å²) < 4.78 is 0. The van der Waals surface area contributed by atoms with Crippen LogP contribution in [0.25, 0.3) is 0 Å². The van der Waals surface area contributed by atoms with Crippen molar-refractivity contribution in [2.24, 2.45) is 5.92 Å². The number of thiocarbonyl (C=S) groups is 1. The summed E-state index contributed by atoms with van der Waals surface area (Å²) in [7, 11) is 0. The predicted octanol–water partition coefficient (Wildman–Crippen LogP) is -0.335. The molecule has 0 aromatic carbocycles. The summed E-state index contributed by atoms with van der Waals surface area (Å²) in [5, 5.41) is 44.0. The van der Waals surface area contributed by atoms with E-state index in [4.69, 9.17) is 12.2 Å². The van der Waals surface area contributed by atoms with Gasteiger partial charge in [0.2, 0.25) is 0 Å². The highest BCUT2D eigenvalue weighted by molar-refractivity contribution is 7.80. The third-order valence-electron chi connectivity index (χ3n) is 6.54. The molecule has 0 radical (unpaired) electrons. The van der Waals surface area contributed by atoms with Crippen LogP contribution in [0, 0.1) is 5.92 Å². The van der Waals surface area contributed by atoms with Gasteiger partial charge in [0, 0.05) is 32.2 Å². The van der Waals surface area contributed by atoms with E-state index < -0.39 is 24.4 Å². The van der Waals surface area contributed by atoms with Crippen molar-refractivity contribution in [3.05, 3.63) is 0 Å². The molecule has 0 aromatic rings. The third-order valence-corrected chi connectivity index (χ3v) is 6.92. The largest absolute Gasteiger partial charge is 0.395 e. The van der Waals surface area contributed by atoms with E-state index in [2.05, 4.69) is 10.2 Å². The molecule has 5 N–H and O–H groups in total. The number of hydrogen-bond acceptors (Lipinski definition) is 6. The number of nitrogens with one attached hydrogen (secondary N) is 1. The van der Waals surface area contributed by atoms with Crippen LogP contribution in [0.5, 0.6) is 0 Å². The Morgan fingerprint density at radius 3 is 2.26 bits per heavy atom. The summed E-state index contributed by atoms with van der Waals surface area (Å²) in [5.74, 6) is 0.433. The van der Waals surface area contributed by atoms with Crippen molar-refractivity contribution in [2.45, 2.75) is 75.3 Å². The van der Waals surface area contributed by atoms with Gasteiger partial charge in [0.05, 0.1) is 18.8 Å². The molecule has 0 spiro atoms. The Labute approximate surface area is 167 Å². The smallest absolute Gasteiger partial charge is 0.169 e. The molecule has 3 fully saturated rings. The van der Waals surface area contributed by atoms with Crippen molar-refractivity contribution in [3.8, 4) is 0 Å². The molecule has 2 saturated heterocycles. The normalized spacial score (nSPS) is 34.6. The quantitative estimate of drug-likeness (QED) is 0.408. The molecule has 0 aromatic heterocycles. The van der Waals surface area contributed by atoms with Gasteiger partial charge in [-0.2, -0.15) is 0 Å². The van der Waals surface area contributed by atoms with E-state index in [0.717, 1.165) is 31.0 Å². The maximum Gasteiger partial charge on any atom is 0.169 e. The number of nitrogens with zero attached hydrogens (tertiary/aromatic N) is 2. The standard InChI is InChI=1S/C19H35N3O4S/c23-12-15-17(25)18(26)16(24)11-22(15)10-13-6-8-21(9-7-13)19(27)20-14-4-2-1-3-5-14/h13-18,23-26H,1-12H2,(H,20,27)/t15-,16-,17+,18+/m0/s1. The van der Waals surface area contributed by atoms with Gasteiger partial charge in [0.15, 0.2) is 5.11 Å². The zero-order valence-electron chi connectivity index (χ0n) is 16.0. The van der Waals surface area contributed by atoms with Crippen molar-refractivity contribution in [1.82, 2.24) is 15.1 Å². The molecule has 2 aliphatic heterocycles. The van der Waals surface area contributed by atoms with Gasteiger partial charge in [-0.3, -0.25) is 4.90 Å². The highest BCUT2D eigenvalue weighted by atomic mass is 32.1. The van der Waals surface area contributed by atoms with Crippen LogP contribution in [0.15, 0.2) is 0 Å². The van der Waals surface area contributed by atoms with Crippen LogP contribution in [0.3, 0.4) is 0 Å². The second kappa shape index (κ2) is 9.80. The number of rotatable bonds is 4. The van der Waals surface area contributed by atoms with E-state index in [0.29, 0.717) is 18.5 Å². The fourth-order valence-electron chi connectivity index (χ4n) is 4.75. The van der Waals surface area contributed by atoms with Crippen molar-refractivity contribution in [2.75, 3.05) is 32.8 Å². The first kappa shape index (κ1) is 21.2. The summed E-state index contributed by atoms with van der Waals surface area (Å²) in [4.78, 5) is 4.19. The second-order valence-electron chi connectivity index (χ2n) is 8.47. The van der Waals surface area contributed by atoms with Crippen molar-refractivity contribution in [3.63, 3.8) is 0 Å². The Bertz CT molecular complexity index is 484. The molecule has 7 nitrogen and oxygen atoms in total. The van der Waals surface area contributed by atoms with Gasteiger partial charge >= 0.3 is 0 Å². The summed E-state index contributed by atoms with van der Waals surface area (Å²) in [5.41, 5.74) is 0. The first-order chi connectivity index (χ1) is 13.0. The van der Waals surface area contributed by atoms with Gasteiger partial charge in [0.25, 0.3) is 0 Å². The third kappa shape index (κ3) is 5.31. The maximum atomic E-state index is 10.1. The zero-order chi connectivity index (χ0) is 19.4. The number of aliphatic hydroxyl groups excluding tert-OH is 4. The molecule has 3 rings (SSSR count). The molecule has 3 aliphatic rings. The molecule has 4 atom stereocenters. The summed E-state index contributed by atoms with van der Waals surface area (Å²) in [6, 6.07) is 0.00696. The molecular formula is C19H35N3O4S. The molecule has 156 valence electrons. The lowest BCUT2D eigenvalue weighted by Gasteiger charge is -2.45. The number of hydrogen-bond donors (Lipinski definition) is 5. The zero-order valence-corrected chi connectivity index (χ0v) is 16.9. The Morgan fingerprint density at radius 2 is 1.63 bits per heavy atom. The Morgan fingerprint density at radius 1 is 0.963 bits per heavy atom. The highest BCUT2D eigenvalue weighted by Gasteiger charge is 2.41. The van der Waals surface area contributed by atoms with Crippen LogP contribution in [0.2, 0.25) is 0 Å². The minimum atomic E-state index is -1.19. The van der Waals surface area contributed by atoms with E-state index in [1.54, 1.807) is 0 Å². The molecule has 8 heteroatoms. The van der Waals surface area contributed by atoms with Gasteiger partial charge in [-0.25, -0.2) is 0 Å². The van der Waals surface area contributed by atoms with Crippen LogP contribution >= 0.6 is 12.2 Å². The average Bonchev–Trinajstić information content (AvgIpc) is 2.68. The Kier molecular flexibility index (Phi) is 7.70. The highest BCUT2D eigenvalue weighted by Crippen LogP contribution is 2.25. The van der Waals surface area contributed by atoms with Crippen LogP contribution in [0.1, 0.15) is 44.9 Å². The van der Waals surface area contributed by atoms with Crippen LogP contribution in [-0.4, -0.2) is 98.5 Å². The lowest BCUT2D eigenvalue weighted by Crippen LogP contribution is -2.63. The maximum absolute atomic E-state index is 10.1. The number of piperidine rings is 2. The summed E-state index contributed by atoms with van der Waals surface area (Å²) in [6.45, 7) is 2.59. The lowest BCUT2D eigenvalue weighted by molar-refractivity contribution is -0.148. The first-order valence-electron chi connectivity index (χ1n) is 10.4. The molecule has 1 saturated carbocycles. The molecule has 0 amide bonds. The van der Waals surface area contributed by atoms with Crippen molar-refractivity contribution in [1.29, 1.82) is 0 Å². The number of likely N-dealkylation sites (tertiary alicyclic amines) is 2. The van der Waals surface area contributed by atoms with E-state index in [1.165, 1.54) is 32.1 Å². The average molecular weight is 402 g/mol. The van der Waals surface area contributed by atoms with Crippen LogP contribution in [0.4, 0.5) is 0 Å². The van der Waals surface area contributed by atoms with Crippen LogP contribution in [-0.2, 0) is 0 Å². The molecular weight excluding hydrogens is 366 g/mol. The monoisotopic (exact) mass is 401 g/mol. The van der Waals surface area contributed by atoms with Gasteiger partial charge in [-0.15, -0.1) is 0 Å². The number of β-amino-alcohol motifs (C(OH)–C–C–N with tert-alkyl or cyclic N) is 1. The van der Waals surface area contributed by atoms with E-state index in [1.807, 2.05) is 4.90 Å². The SMILES string of the molecule is OC[C@H]1[C@@H](O)[C@H](O)[C@@H](O)CN1CC1CCN(C(=S)NC2CCCCC2)CC1. The summed E-state index contributed by atoms with van der Waals surface area (Å²) >= 11 is 5.61. The van der Waals surface area contributed by atoms with E-state index >= 15 is 0 Å². The fourth-order valence-corrected chi connectivity index (χ4v) is 5.10. The van der Waals surface area contributed by atoms with E-state index in [9.17, 15) is 20.4 Å². The van der Waals surface area contributed by atoms with Crippen LogP contribution < -0.4 is 5.32 Å². The minimum absolute atomic E-state index is 0.223. The molecule has 0 unspecified atom stereocenters. The van der Waals surface area contributed by atoms with Crippen molar-refractivity contribution < 1.29 is 20.4 Å². The fraction of sp³-hybridized carbons (Fsp3) is 0.947. The second-order valence-corrected chi connectivity index (χ2v) is 8.85. The Hall–Kier alpha value is -0.510. The first-order valence-corrected chi connectivity index (χ1v) is 10.8. The minimum Gasteiger partial charge on any atom is -0.395 e. The van der Waals surface area contributed by atoms with Gasteiger partial charge in [0.1, 0.15) is 12.2 Å². The predicted molar refractivity (Wildman–Crippen MR) is 107 cm³/mol. The lowest BCUT2D eigenvalue weighted by atomic mass is 9.90. The number of aliphatic hydroxyl groups is 4. The molecule has 2 heterocycles. The van der Waals surface area contributed by atoms with E-state index in [-0.39, 0.29) is 13.2 Å². The topological polar surface area (TPSA) is 99.4 Å². The summed E-state index contributed by atoms with van der Waals surface area (Å²) in [6.07, 6.45) is 5.04. The van der Waals surface area contributed by atoms with Gasteiger partial charge in [-0.1, -0.05) is 19.3 Å².